The molecule has 2 aliphatic heterocycles. The van der Waals surface area contributed by atoms with Crippen molar-refractivity contribution in [1.29, 1.82) is 0 Å². The van der Waals surface area contributed by atoms with E-state index in [-0.39, 0.29) is 0 Å². The zero-order valence-corrected chi connectivity index (χ0v) is 17.0. The minimum atomic E-state index is 0.535. The van der Waals surface area contributed by atoms with Gasteiger partial charge in [-0.25, -0.2) is 19.9 Å². The number of aromatic nitrogens is 4. The molecule has 148 valence electrons. The molecule has 0 radical (unpaired) electrons. The molecule has 2 aromatic heterocycles. The molecule has 28 heavy (non-hydrogen) atoms. The molecular weight excluding hydrogens is 348 g/mol. The summed E-state index contributed by atoms with van der Waals surface area (Å²) in [4.78, 5) is 23.3. The summed E-state index contributed by atoms with van der Waals surface area (Å²) in [6, 6.07) is 2.19. The van der Waals surface area contributed by atoms with Gasteiger partial charge in [-0.2, -0.15) is 0 Å². The monoisotopic (exact) mass is 378 g/mol. The normalized spacial score (nSPS) is 19.0. The topological polar surface area (TPSA) is 58.0 Å². The van der Waals surface area contributed by atoms with E-state index in [1.165, 1.54) is 24.1 Å². The summed E-state index contributed by atoms with van der Waals surface area (Å²) in [5.41, 5.74) is 3.50. The van der Waals surface area contributed by atoms with Gasteiger partial charge in [0.25, 0.3) is 0 Å². The first-order valence-electron chi connectivity index (χ1n) is 10.5. The zero-order chi connectivity index (χ0) is 19.3. The van der Waals surface area contributed by atoms with Gasteiger partial charge in [0.05, 0.1) is 0 Å². The van der Waals surface area contributed by atoms with Gasteiger partial charge >= 0.3 is 0 Å². The van der Waals surface area contributed by atoms with Crippen LogP contribution >= 0.6 is 0 Å². The Kier molecular flexibility index (Phi) is 5.95. The van der Waals surface area contributed by atoms with Gasteiger partial charge < -0.3 is 4.90 Å². The Hall–Kier alpha value is -2.34. The summed E-state index contributed by atoms with van der Waals surface area (Å²) in [7, 11) is 0. The SMILES string of the molecule is C/C=C\c1ncc(CN2CCC(c3cc(C)nc(N4CCCC4)n3)CC2)cn1. The summed E-state index contributed by atoms with van der Waals surface area (Å²) in [5.74, 6) is 2.25. The van der Waals surface area contributed by atoms with Crippen LogP contribution in [0.5, 0.6) is 0 Å². The number of hydrogen-bond donors (Lipinski definition) is 0. The van der Waals surface area contributed by atoms with Crippen molar-refractivity contribution in [3.63, 3.8) is 0 Å². The summed E-state index contributed by atoms with van der Waals surface area (Å²) in [6.07, 6.45) is 12.6. The second-order valence-corrected chi connectivity index (χ2v) is 7.93. The fourth-order valence-corrected chi connectivity index (χ4v) is 4.17. The van der Waals surface area contributed by atoms with Crippen molar-refractivity contribution in [1.82, 2.24) is 24.8 Å². The quantitative estimate of drug-likeness (QED) is 0.792. The number of likely N-dealkylation sites (tertiary alicyclic amines) is 1. The molecule has 0 atom stereocenters. The fourth-order valence-electron chi connectivity index (χ4n) is 4.17. The third-order valence-corrected chi connectivity index (χ3v) is 5.70. The van der Waals surface area contributed by atoms with Crippen molar-refractivity contribution < 1.29 is 0 Å². The van der Waals surface area contributed by atoms with E-state index in [1.54, 1.807) is 0 Å². The van der Waals surface area contributed by atoms with Crippen LogP contribution in [-0.2, 0) is 6.54 Å². The van der Waals surface area contributed by atoms with Crippen LogP contribution in [0.15, 0.2) is 24.5 Å². The molecule has 0 unspecified atom stereocenters. The van der Waals surface area contributed by atoms with Gasteiger partial charge in [-0.1, -0.05) is 6.08 Å². The van der Waals surface area contributed by atoms with Gasteiger partial charge in [-0.3, -0.25) is 4.90 Å². The Labute approximate surface area is 167 Å². The Morgan fingerprint density at radius 2 is 1.75 bits per heavy atom. The standard InChI is InChI=1S/C22H30N6/c1-3-6-21-23-14-18(15-24-21)16-27-11-7-19(8-12-27)20-13-17(2)25-22(26-20)28-9-4-5-10-28/h3,6,13-15,19H,4-5,7-12,16H2,1-2H3/b6-3-. The number of anilines is 1. The molecule has 2 aromatic rings. The molecule has 0 spiro atoms. The lowest BCUT2D eigenvalue weighted by atomic mass is 9.93. The predicted molar refractivity (Wildman–Crippen MR) is 112 cm³/mol. The maximum Gasteiger partial charge on any atom is 0.225 e. The van der Waals surface area contributed by atoms with Crippen LogP contribution in [0.2, 0.25) is 0 Å². The summed E-state index contributed by atoms with van der Waals surface area (Å²) in [6.45, 7) is 9.36. The molecule has 0 saturated carbocycles. The molecule has 2 fully saturated rings. The average Bonchev–Trinajstić information content (AvgIpc) is 3.25. The van der Waals surface area contributed by atoms with Gasteiger partial charge in [0, 0.05) is 54.9 Å². The van der Waals surface area contributed by atoms with Gasteiger partial charge in [-0.05, 0) is 64.8 Å². The third-order valence-electron chi connectivity index (χ3n) is 5.70. The van der Waals surface area contributed by atoms with Gasteiger partial charge in [0.1, 0.15) is 0 Å². The highest BCUT2D eigenvalue weighted by atomic mass is 15.3. The first kappa shape index (κ1) is 19.0. The highest BCUT2D eigenvalue weighted by Gasteiger charge is 2.24. The Balaban J connectivity index is 1.36. The minimum Gasteiger partial charge on any atom is -0.341 e. The summed E-state index contributed by atoms with van der Waals surface area (Å²) >= 11 is 0. The van der Waals surface area contributed by atoms with E-state index in [2.05, 4.69) is 37.7 Å². The molecular formula is C22H30N6. The summed E-state index contributed by atoms with van der Waals surface area (Å²) < 4.78 is 0. The minimum absolute atomic E-state index is 0.535. The molecule has 0 amide bonds. The molecule has 6 heteroatoms. The van der Waals surface area contributed by atoms with Crippen molar-refractivity contribution in [3.05, 3.63) is 47.3 Å². The van der Waals surface area contributed by atoms with Crippen LogP contribution in [0, 0.1) is 6.92 Å². The number of aryl methyl sites for hydroxylation is 1. The number of piperidine rings is 1. The first-order valence-corrected chi connectivity index (χ1v) is 10.5. The number of nitrogens with zero attached hydrogens (tertiary/aromatic N) is 6. The van der Waals surface area contributed by atoms with Crippen LogP contribution in [0.3, 0.4) is 0 Å². The predicted octanol–water partition coefficient (Wildman–Crippen LogP) is 3.59. The largest absolute Gasteiger partial charge is 0.341 e. The van der Waals surface area contributed by atoms with Crippen LogP contribution in [0.25, 0.3) is 6.08 Å². The van der Waals surface area contributed by atoms with Crippen LogP contribution < -0.4 is 4.90 Å². The number of allylic oxidation sites excluding steroid dienone is 1. The highest BCUT2D eigenvalue weighted by molar-refractivity contribution is 5.38. The fraction of sp³-hybridized carbons (Fsp3) is 0.545. The lowest BCUT2D eigenvalue weighted by Gasteiger charge is -2.32. The van der Waals surface area contributed by atoms with E-state index in [9.17, 15) is 0 Å². The highest BCUT2D eigenvalue weighted by Crippen LogP contribution is 2.29. The second kappa shape index (κ2) is 8.78. The van der Waals surface area contributed by atoms with Gasteiger partial charge in [0.15, 0.2) is 5.82 Å². The lowest BCUT2D eigenvalue weighted by Crippen LogP contribution is -2.33. The molecule has 2 saturated heterocycles. The van der Waals surface area contributed by atoms with E-state index >= 15 is 0 Å². The maximum atomic E-state index is 4.95. The zero-order valence-electron chi connectivity index (χ0n) is 17.0. The summed E-state index contributed by atoms with van der Waals surface area (Å²) in [5, 5.41) is 0. The second-order valence-electron chi connectivity index (χ2n) is 7.93. The van der Waals surface area contributed by atoms with Crippen LogP contribution in [0.1, 0.15) is 61.3 Å². The van der Waals surface area contributed by atoms with E-state index < -0.39 is 0 Å². The van der Waals surface area contributed by atoms with Crippen LogP contribution in [0.4, 0.5) is 5.95 Å². The maximum absolute atomic E-state index is 4.95. The van der Waals surface area contributed by atoms with Crippen LogP contribution in [-0.4, -0.2) is 51.0 Å². The van der Waals surface area contributed by atoms with Gasteiger partial charge in [-0.15, -0.1) is 0 Å². The average molecular weight is 379 g/mol. The van der Waals surface area contributed by atoms with Gasteiger partial charge in [0.2, 0.25) is 5.95 Å². The molecule has 0 N–H and O–H groups in total. The van der Waals surface area contributed by atoms with E-state index in [0.29, 0.717) is 5.92 Å². The Morgan fingerprint density at radius 1 is 1.04 bits per heavy atom. The first-order chi connectivity index (χ1) is 13.7. The number of hydrogen-bond acceptors (Lipinski definition) is 6. The molecule has 0 aromatic carbocycles. The van der Waals surface area contributed by atoms with E-state index in [1.807, 2.05) is 31.5 Å². The third kappa shape index (κ3) is 4.55. The molecule has 4 heterocycles. The smallest absolute Gasteiger partial charge is 0.225 e. The van der Waals surface area contributed by atoms with E-state index in [0.717, 1.165) is 63.0 Å². The van der Waals surface area contributed by atoms with Crippen molar-refractivity contribution in [2.24, 2.45) is 0 Å². The Bertz CT molecular complexity index is 802. The molecule has 6 nitrogen and oxygen atoms in total. The van der Waals surface area contributed by atoms with Crippen molar-refractivity contribution in [2.45, 2.75) is 52.0 Å². The lowest BCUT2D eigenvalue weighted by molar-refractivity contribution is 0.203. The van der Waals surface area contributed by atoms with Crippen molar-refractivity contribution >= 4 is 12.0 Å². The molecule has 0 aliphatic carbocycles. The number of rotatable bonds is 5. The van der Waals surface area contributed by atoms with Crippen molar-refractivity contribution in [2.75, 3.05) is 31.1 Å². The molecule has 2 aliphatic rings. The Morgan fingerprint density at radius 3 is 2.43 bits per heavy atom. The molecule has 0 bridgehead atoms. The van der Waals surface area contributed by atoms with Crippen molar-refractivity contribution in [3.8, 4) is 0 Å². The van der Waals surface area contributed by atoms with E-state index in [4.69, 9.17) is 4.98 Å². The molecule has 4 rings (SSSR count).